The molecule has 1 heteroatoms. The summed E-state index contributed by atoms with van der Waals surface area (Å²) in [5, 5.41) is 0. The predicted molar refractivity (Wildman–Crippen MR) is 63.2 cm³/mol. The number of rotatable bonds is 3. The molecule has 1 unspecified atom stereocenters. The third-order valence-corrected chi connectivity index (χ3v) is 3.67. The monoisotopic (exact) mass is 278 g/mol. The zero-order valence-electron chi connectivity index (χ0n) is 10.5. The zero-order chi connectivity index (χ0) is 10.8. The van der Waals surface area contributed by atoms with Gasteiger partial charge in [0.25, 0.3) is 0 Å². The van der Waals surface area contributed by atoms with Crippen LogP contribution < -0.4 is 0 Å². The average Bonchev–Trinajstić information content (AvgIpc) is 2.17. The van der Waals surface area contributed by atoms with E-state index >= 15 is 0 Å². The molecule has 0 aliphatic heterocycles. The van der Waals surface area contributed by atoms with Crippen LogP contribution in [0.2, 0.25) is 0 Å². The zero-order valence-corrected chi connectivity index (χ0v) is 13.4. The maximum atomic E-state index is 2.32. The van der Waals surface area contributed by atoms with Gasteiger partial charge in [0, 0.05) is 0 Å². The summed E-state index contributed by atoms with van der Waals surface area (Å²) in [6.45, 7) is 11.4. The van der Waals surface area contributed by atoms with Gasteiger partial charge in [0.15, 0.2) is 0 Å². The molecule has 0 radical (unpaired) electrons. The Hall–Kier alpha value is 0.324. The van der Waals surface area contributed by atoms with Crippen molar-refractivity contribution in [3.05, 3.63) is 41.8 Å². The molecule has 78 valence electrons. The summed E-state index contributed by atoms with van der Waals surface area (Å²) in [5.74, 6) is 2.07. The van der Waals surface area contributed by atoms with Crippen molar-refractivity contribution in [3.8, 4) is 0 Å². The molecule has 1 atom stereocenters. The minimum atomic E-state index is 0. The van der Waals surface area contributed by atoms with Crippen LogP contribution in [0.4, 0.5) is 0 Å². The molecule has 15 heavy (non-hydrogen) atoms. The Balaban J connectivity index is 0.00000196. The molecule has 0 N–H and O–H groups in total. The third kappa shape index (κ3) is 3.68. The van der Waals surface area contributed by atoms with Crippen LogP contribution in [0.1, 0.15) is 46.1 Å². The molecule has 0 saturated carbocycles. The van der Waals surface area contributed by atoms with Gasteiger partial charge in [-0.25, -0.2) is 0 Å². The van der Waals surface area contributed by atoms with Gasteiger partial charge >= 0.3 is 32.7 Å². The molecule has 0 nitrogen and oxygen atoms in total. The molecule has 0 bridgehead atoms. The Bertz CT molecular complexity index is 275. The van der Waals surface area contributed by atoms with Gasteiger partial charge < -0.3 is 5.92 Å². The van der Waals surface area contributed by atoms with E-state index in [1.165, 1.54) is 11.5 Å². The second-order valence-corrected chi connectivity index (χ2v) is 4.85. The molecule has 0 amide bonds. The van der Waals surface area contributed by atoms with E-state index in [0.717, 1.165) is 0 Å². The summed E-state index contributed by atoms with van der Waals surface area (Å²) in [6.07, 6.45) is 0. The summed E-state index contributed by atoms with van der Waals surface area (Å²) >= 11 is 0. The van der Waals surface area contributed by atoms with Gasteiger partial charge in [0.2, 0.25) is 0 Å². The topological polar surface area (TPSA) is 0 Å². The Morgan fingerprint density at radius 2 is 1.53 bits per heavy atom. The molecular weight excluding hydrogens is 257 g/mol. The van der Waals surface area contributed by atoms with E-state index in [2.05, 4.69) is 65.0 Å². The van der Waals surface area contributed by atoms with E-state index in [4.69, 9.17) is 0 Å². The van der Waals surface area contributed by atoms with Gasteiger partial charge in [-0.15, -0.1) is 0 Å². The predicted octanol–water partition coefficient (Wildman–Crippen LogP) is 4.43. The second kappa shape index (κ2) is 6.16. The number of hydrogen-bond acceptors (Lipinski definition) is 0. The molecule has 0 aliphatic carbocycles. The molecular formula is C14H21Y+2. The summed E-state index contributed by atoms with van der Waals surface area (Å²) in [5.41, 5.74) is 1.71. The van der Waals surface area contributed by atoms with E-state index < -0.39 is 0 Å². The maximum Gasteiger partial charge on any atom is 3.00 e. The first kappa shape index (κ1) is 15.3. The van der Waals surface area contributed by atoms with Crippen LogP contribution in [0.3, 0.4) is 0 Å². The van der Waals surface area contributed by atoms with Gasteiger partial charge in [-0.1, -0.05) is 51.1 Å². The first-order chi connectivity index (χ1) is 6.46. The molecule has 0 fully saturated rings. The van der Waals surface area contributed by atoms with Crippen molar-refractivity contribution in [1.82, 2.24) is 0 Å². The standard InChI is InChI=1S/C14H21.Y/c1-11(2)14(4,5)12(3)13-9-7-6-8-10-13;/h6-10,12H,1-5H3;/q-1;+3. The van der Waals surface area contributed by atoms with Crippen LogP contribution in [0, 0.1) is 11.3 Å². The smallest absolute Gasteiger partial charge is 0.314 e. The molecule has 0 spiro atoms. The summed E-state index contributed by atoms with van der Waals surface area (Å²) in [6, 6.07) is 10.7. The van der Waals surface area contributed by atoms with Gasteiger partial charge in [-0.05, 0) is 11.5 Å². The van der Waals surface area contributed by atoms with Crippen molar-refractivity contribution in [3.63, 3.8) is 0 Å². The SMILES string of the molecule is C[C-](C)C(C)(C)C(C)c1ccccc1.[Y+3]. The number of benzene rings is 1. The molecule has 1 aromatic rings. The van der Waals surface area contributed by atoms with E-state index in [0.29, 0.717) is 5.92 Å². The van der Waals surface area contributed by atoms with Crippen LogP contribution in [-0.2, 0) is 32.7 Å². The van der Waals surface area contributed by atoms with Gasteiger partial charge in [-0.2, -0.15) is 19.3 Å². The normalized spacial score (nSPS) is 13.5. The van der Waals surface area contributed by atoms with Crippen molar-refractivity contribution in [1.29, 1.82) is 0 Å². The van der Waals surface area contributed by atoms with Gasteiger partial charge in [0.1, 0.15) is 0 Å². The van der Waals surface area contributed by atoms with Crippen LogP contribution in [0.5, 0.6) is 0 Å². The molecule has 0 saturated heterocycles. The second-order valence-electron chi connectivity index (χ2n) is 4.85. The van der Waals surface area contributed by atoms with E-state index in [9.17, 15) is 0 Å². The van der Waals surface area contributed by atoms with Crippen LogP contribution in [-0.4, -0.2) is 0 Å². The van der Waals surface area contributed by atoms with Crippen LogP contribution in [0.25, 0.3) is 0 Å². The van der Waals surface area contributed by atoms with Crippen molar-refractivity contribution in [2.75, 3.05) is 0 Å². The molecule has 0 aliphatic rings. The first-order valence-corrected chi connectivity index (χ1v) is 5.32. The minimum absolute atomic E-state index is 0. The Morgan fingerprint density at radius 3 is 1.93 bits per heavy atom. The molecule has 1 aromatic carbocycles. The van der Waals surface area contributed by atoms with Crippen LogP contribution in [0.15, 0.2) is 30.3 Å². The average molecular weight is 278 g/mol. The van der Waals surface area contributed by atoms with Crippen molar-refractivity contribution in [2.45, 2.75) is 40.5 Å². The molecule has 1 rings (SSSR count). The summed E-state index contributed by atoms with van der Waals surface area (Å²) in [4.78, 5) is 0. The summed E-state index contributed by atoms with van der Waals surface area (Å²) < 4.78 is 0. The fourth-order valence-electron chi connectivity index (χ4n) is 1.59. The Kier molecular flexibility index (Phi) is 6.29. The van der Waals surface area contributed by atoms with Gasteiger partial charge in [0.05, 0.1) is 0 Å². The minimum Gasteiger partial charge on any atom is -0.314 e. The van der Waals surface area contributed by atoms with E-state index in [1.54, 1.807) is 0 Å². The maximum absolute atomic E-state index is 2.32. The Labute approximate surface area is 120 Å². The van der Waals surface area contributed by atoms with Crippen molar-refractivity contribution < 1.29 is 32.7 Å². The number of hydrogen-bond donors (Lipinski definition) is 0. The third-order valence-electron chi connectivity index (χ3n) is 3.67. The van der Waals surface area contributed by atoms with Crippen LogP contribution >= 0.6 is 0 Å². The Morgan fingerprint density at radius 1 is 1.07 bits per heavy atom. The van der Waals surface area contributed by atoms with Crippen molar-refractivity contribution >= 4 is 0 Å². The largest absolute Gasteiger partial charge is 3.00 e. The van der Waals surface area contributed by atoms with E-state index in [-0.39, 0.29) is 38.1 Å². The molecule has 0 aromatic heterocycles. The van der Waals surface area contributed by atoms with Crippen molar-refractivity contribution in [2.24, 2.45) is 5.41 Å². The van der Waals surface area contributed by atoms with E-state index in [1.807, 2.05) is 0 Å². The fourth-order valence-corrected chi connectivity index (χ4v) is 1.59. The summed E-state index contributed by atoms with van der Waals surface area (Å²) in [7, 11) is 0. The fraction of sp³-hybridized carbons (Fsp3) is 0.500. The molecule has 0 heterocycles. The quantitative estimate of drug-likeness (QED) is 0.718. The first-order valence-electron chi connectivity index (χ1n) is 5.32. The van der Waals surface area contributed by atoms with Gasteiger partial charge in [-0.3, -0.25) is 0 Å².